The van der Waals surface area contributed by atoms with Crippen LogP contribution in [0.3, 0.4) is 0 Å². The van der Waals surface area contributed by atoms with Gasteiger partial charge in [0.25, 0.3) is 0 Å². The molecule has 3 fully saturated rings. The number of nitrogens with zero attached hydrogens (tertiary/aromatic N) is 6. The molecule has 0 unspecified atom stereocenters. The lowest BCUT2D eigenvalue weighted by Crippen LogP contribution is -2.62. The van der Waals surface area contributed by atoms with Crippen LogP contribution >= 0.6 is 11.8 Å². The molecular weight excluding hydrogens is 528 g/mol. The van der Waals surface area contributed by atoms with Gasteiger partial charge >= 0.3 is 5.97 Å². The molecule has 5 heterocycles. The maximum Gasteiger partial charge on any atom is 0.353 e. The average molecular weight is 563 g/mol. The number of Topliss-reactive ketones (excluding diaryl/α,β-unsaturated/α-hetero) is 1. The molecule has 7 atom stereocenters. The Kier molecular flexibility index (Phi) is 8.03. The first-order chi connectivity index (χ1) is 18.7. The molecule has 4 aliphatic rings. The van der Waals surface area contributed by atoms with Crippen LogP contribution < -0.4 is 11.1 Å². The molecule has 1 aromatic rings. The zero-order valence-electron chi connectivity index (χ0n) is 21.9. The molecule has 14 nitrogen and oxygen atoms in total. The highest BCUT2D eigenvalue weighted by atomic mass is 32.2. The fourth-order valence-corrected chi connectivity index (χ4v) is 7.67. The summed E-state index contributed by atoms with van der Waals surface area (Å²) in [6, 6.07) is -0.669. The highest BCUT2D eigenvalue weighted by Crippen LogP contribution is 2.53. The number of aromatic nitrogens is 4. The molecule has 0 saturated carbocycles. The number of thioether (sulfide) groups is 1. The number of carboxylic acids is 1. The molecule has 5 rings (SSSR count). The average Bonchev–Trinajstić information content (AvgIpc) is 3.64. The van der Waals surface area contributed by atoms with E-state index >= 15 is 0 Å². The van der Waals surface area contributed by atoms with Gasteiger partial charge in [0.1, 0.15) is 18.6 Å². The number of β-lactam (4-membered cyclic amide) rings is 1. The van der Waals surface area contributed by atoms with Crippen molar-refractivity contribution < 1.29 is 29.0 Å². The second-order valence-corrected chi connectivity index (χ2v) is 12.1. The minimum absolute atomic E-state index is 0.00554. The number of carbonyl (C=O) groups is 4. The number of tetrazole rings is 1. The summed E-state index contributed by atoms with van der Waals surface area (Å²) in [6.45, 7) is 6.17. The zero-order valence-corrected chi connectivity index (χ0v) is 22.7. The maximum absolute atomic E-state index is 13.2. The van der Waals surface area contributed by atoms with E-state index in [1.807, 2.05) is 13.8 Å². The number of ketones is 1. The van der Waals surface area contributed by atoms with Gasteiger partial charge in [-0.25, -0.2) is 9.48 Å². The summed E-state index contributed by atoms with van der Waals surface area (Å²) in [6.07, 6.45) is 1.92. The van der Waals surface area contributed by atoms with Crippen molar-refractivity contribution in [3.8, 4) is 0 Å². The van der Waals surface area contributed by atoms with Crippen molar-refractivity contribution in [2.45, 2.75) is 56.7 Å². The van der Waals surface area contributed by atoms with Crippen LogP contribution in [0.4, 0.5) is 0 Å². The standard InChI is InChI=1S/C24H34N8O6S/c1-12(5-14(33)9-31-11-27-28-29-31)18-19-13(2)21(20(24(36)37)32(19)23(18)35)39-16-6-17(26-8-16)22(34)30-3-4-38-15(7-25)10-30/h11-13,15-19,26H,3-10,25H2,1-2H3,(H,36,37)/t12-,13-,15-,16+,17+,18-,19-/m1/s1. The van der Waals surface area contributed by atoms with E-state index in [1.165, 1.54) is 27.7 Å². The normalized spacial score (nSPS) is 31.3. The fraction of sp³-hybridized carbons (Fsp3) is 0.708. The van der Waals surface area contributed by atoms with Gasteiger partial charge in [0.05, 0.1) is 30.7 Å². The molecule has 212 valence electrons. The van der Waals surface area contributed by atoms with Crippen molar-refractivity contribution >= 4 is 35.3 Å². The van der Waals surface area contributed by atoms with Crippen LogP contribution in [0.2, 0.25) is 0 Å². The molecule has 2 amide bonds. The largest absolute Gasteiger partial charge is 0.477 e. The van der Waals surface area contributed by atoms with Gasteiger partial charge in [0, 0.05) is 48.7 Å². The number of rotatable bonds is 10. The van der Waals surface area contributed by atoms with Gasteiger partial charge in [-0.05, 0) is 22.8 Å². The van der Waals surface area contributed by atoms with Crippen LogP contribution in [-0.4, -0.2) is 115 Å². The number of nitrogens with two attached hydrogens (primary N) is 1. The minimum Gasteiger partial charge on any atom is -0.477 e. The van der Waals surface area contributed by atoms with E-state index in [0.717, 1.165) is 0 Å². The van der Waals surface area contributed by atoms with Gasteiger partial charge in [0.2, 0.25) is 11.8 Å². The van der Waals surface area contributed by atoms with Crippen molar-refractivity contribution in [3.63, 3.8) is 0 Å². The zero-order chi connectivity index (χ0) is 27.8. The van der Waals surface area contributed by atoms with Gasteiger partial charge in [-0.2, -0.15) is 0 Å². The Morgan fingerprint density at radius 2 is 2.15 bits per heavy atom. The summed E-state index contributed by atoms with van der Waals surface area (Å²) in [5, 5.41) is 24.1. The third-order valence-electron chi connectivity index (χ3n) is 8.08. The lowest BCUT2D eigenvalue weighted by molar-refractivity contribution is -0.160. The molecule has 0 aromatic carbocycles. The van der Waals surface area contributed by atoms with Crippen molar-refractivity contribution in [3.05, 3.63) is 16.9 Å². The predicted octanol–water partition coefficient (Wildman–Crippen LogP) is -1.31. The van der Waals surface area contributed by atoms with E-state index < -0.39 is 11.9 Å². The van der Waals surface area contributed by atoms with Gasteiger partial charge in [-0.1, -0.05) is 13.8 Å². The molecular formula is C24H34N8O6S. The molecule has 0 aliphatic carbocycles. The molecule has 39 heavy (non-hydrogen) atoms. The molecule has 4 N–H and O–H groups in total. The van der Waals surface area contributed by atoms with Gasteiger partial charge in [0.15, 0.2) is 5.78 Å². The number of aliphatic carboxylic acids is 1. The van der Waals surface area contributed by atoms with Crippen LogP contribution in [0.1, 0.15) is 26.7 Å². The maximum atomic E-state index is 13.2. The van der Waals surface area contributed by atoms with E-state index in [9.17, 15) is 24.3 Å². The quantitative estimate of drug-likeness (QED) is 0.286. The van der Waals surface area contributed by atoms with E-state index in [2.05, 4.69) is 20.8 Å². The summed E-state index contributed by atoms with van der Waals surface area (Å²) >= 11 is 1.45. The van der Waals surface area contributed by atoms with E-state index in [0.29, 0.717) is 44.1 Å². The fourth-order valence-electron chi connectivity index (χ4n) is 6.19. The third-order valence-corrected chi connectivity index (χ3v) is 9.59. The summed E-state index contributed by atoms with van der Waals surface area (Å²) in [4.78, 5) is 55.0. The molecule has 0 radical (unpaired) electrons. The van der Waals surface area contributed by atoms with Crippen LogP contribution in [-0.2, 0) is 30.5 Å². The lowest BCUT2D eigenvalue weighted by Gasteiger charge is -2.47. The van der Waals surface area contributed by atoms with E-state index in [1.54, 1.807) is 4.90 Å². The Bertz CT molecular complexity index is 1160. The molecule has 0 spiro atoms. The number of nitrogens with one attached hydrogen (secondary N) is 1. The second-order valence-electron chi connectivity index (χ2n) is 10.7. The monoisotopic (exact) mass is 562 g/mol. The molecule has 15 heteroatoms. The Morgan fingerprint density at radius 1 is 1.36 bits per heavy atom. The van der Waals surface area contributed by atoms with Crippen LogP contribution in [0.5, 0.6) is 0 Å². The first kappa shape index (κ1) is 27.7. The number of hydrogen-bond donors (Lipinski definition) is 3. The van der Waals surface area contributed by atoms with Crippen molar-refractivity contribution in [2.24, 2.45) is 23.5 Å². The second kappa shape index (κ2) is 11.3. The number of ether oxygens (including phenoxy) is 1. The van der Waals surface area contributed by atoms with Crippen LogP contribution in [0, 0.1) is 17.8 Å². The number of amides is 2. The van der Waals surface area contributed by atoms with Crippen molar-refractivity contribution in [1.82, 2.24) is 35.3 Å². The van der Waals surface area contributed by atoms with Gasteiger partial charge in [-0.3, -0.25) is 14.4 Å². The van der Waals surface area contributed by atoms with Crippen molar-refractivity contribution in [1.29, 1.82) is 0 Å². The SMILES string of the molecule is C[C@H](CC(=O)Cn1cnnn1)[C@H]1C(=O)N2C(C(=O)O)=C(S[C@@H]3CN[C@H](C(=O)N4CCO[C@H](CN)C4)C3)[C@H](C)[C@H]12. The summed E-state index contributed by atoms with van der Waals surface area (Å²) < 4.78 is 6.90. The summed E-state index contributed by atoms with van der Waals surface area (Å²) in [7, 11) is 0. The number of morpholine rings is 1. The number of fused-ring (bicyclic) bond motifs is 1. The molecule has 4 aliphatic heterocycles. The lowest BCUT2D eigenvalue weighted by atomic mass is 9.73. The number of carbonyl (C=O) groups excluding carboxylic acids is 3. The first-order valence-corrected chi connectivity index (χ1v) is 14.1. The minimum atomic E-state index is -1.14. The van der Waals surface area contributed by atoms with E-state index in [4.69, 9.17) is 10.5 Å². The van der Waals surface area contributed by atoms with Gasteiger partial charge in [-0.15, -0.1) is 16.9 Å². The highest BCUT2D eigenvalue weighted by molar-refractivity contribution is 8.03. The smallest absolute Gasteiger partial charge is 0.353 e. The molecule has 0 bridgehead atoms. The number of hydrogen-bond acceptors (Lipinski definition) is 11. The molecule has 1 aromatic heterocycles. The van der Waals surface area contributed by atoms with Crippen LogP contribution in [0.25, 0.3) is 0 Å². The van der Waals surface area contributed by atoms with Crippen LogP contribution in [0.15, 0.2) is 16.9 Å². The Labute approximate surface area is 229 Å². The summed E-state index contributed by atoms with van der Waals surface area (Å²) in [5.41, 5.74) is 5.74. The molecule has 3 saturated heterocycles. The Hall–Kier alpha value is -2.88. The summed E-state index contributed by atoms with van der Waals surface area (Å²) in [5.74, 6) is -2.39. The van der Waals surface area contributed by atoms with Gasteiger partial charge < -0.3 is 30.7 Å². The highest BCUT2D eigenvalue weighted by Gasteiger charge is 2.60. The number of carboxylic acid groups (broad SMARTS) is 1. The predicted molar refractivity (Wildman–Crippen MR) is 138 cm³/mol. The van der Waals surface area contributed by atoms with E-state index in [-0.39, 0.29) is 71.5 Å². The van der Waals surface area contributed by atoms with Crippen molar-refractivity contribution in [2.75, 3.05) is 32.8 Å². The Balaban J connectivity index is 1.22. The third kappa shape index (κ3) is 5.32. The topological polar surface area (TPSA) is 186 Å². The first-order valence-electron chi connectivity index (χ1n) is 13.2. The Morgan fingerprint density at radius 3 is 2.85 bits per heavy atom.